The molecule has 8 heteroatoms. The second-order valence-electron chi connectivity index (χ2n) is 6.29. The van der Waals surface area contributed by atoms with Crippen molar-refractivity contribution < 1.29 is 23.2 Å². The summed E-state index contributed by atoms with van der Waals surface area (Å²) in [5.74, 6) is -2.49. The lowest BCUT2D eigenvalue weighted by molar-refractivity contribution is -0.134. The van der Waals surface area contributed by atoms with Crippen molar-refractivity contribution in [2.24, 2.45) is 0 Å². The Balaban J connectivity index is 1.70. The molecule has 2 aromatic rings. The van der Waals surface area contributed by atoms with Crippen molar-refractivity contribution in [1.29, 1.82) is 0 Å². The number of carbonyl (C=O) groups excluding carboxylic acids is 3. The number of carbonyl (C=O) groups is 3. The molecule has 3 rings (SSSR count). The predicted octanol–water partition coefficient (Wildman–Crippen LogP) is 2.05. The second-order valence-corrected chi connectivity index (χ2v) is 6.29. The minimum absolute atomic E-state index is 0.0117. The zero-order chi connectivity index (χ0) is 19.6. The lowest BCUT2D eigenvalue weighted by Gasteiger charge is -2.22. The van der Waals surface area contributed by atoms with Crippen molar-refractivity contribution >= 4 is 17.8 Å². The van der Waals surface area contributed by atoms with E-state index in [9.17, 15) is 23.2 Å². The van der Waals surface area contributed by atoms with Gasteiger partial charge in [-0.3, -0.25) is 14.5 Å². The van der Waals surface area contributed by atoms with Crippen LogP contribution in [0.2, 0.25) is 0 Å². The first-order valence-corrected chi connectivity index (χ1v) is 8.22. The van der Waals surface area contributed by atoms with E-state index >= 15 is 0 Å². The lowest BCUT2D eigenvalue weighted by Crippen LogP contribution is -2.43. The highest BCUT2D eigenvalue weighted by atomic mass is 19.1. The molecule has 4 amide bonds. The fraction of sp³-hybridized carbons (Fsp3) is 0.211. The van der Waals surface area contributed by atoms with E-state index in [4.69, 9.17) is 0 Å². The summed E-state index contributed by atoms with van der Waals surface area (Å²) in [6, 6.07) is 10.7. The first kappa shape index (κ1) is 18.5. The normalized spacial score (nSPS) is 19.1. The van der Waals surface area contributed by atoms with Gasteiger partial charge in [0.2, 0.25) is 5.91 Å². The molecular formula is C19H17F2N3O3. The van der Waals surface area contributed by atoms with Gasteiger partial charge >= 0.3 is 6.03 Å². The van der Waals surface area contributed by atoms with Crippen LogP contribution in [0.4, 0.5) is 13.6 Å². The molecule has 0 bridgehead atoms. The van der Waals surface area contributed by atoms with E-state index in [1.807, 2.05) is 0 Å². The van der Waals surface area contributed by atoms with Gasteiger partial charge in [-0.15, -0.1) is 0 Å². The number of benzene rings is 2. The largest absolute Gasteiger partial charge is 0.350 e. The van der Waals surface area contributed by atoms with Crippen molar-refractivity contribution in [1.82, 2.24) is 15.5 Å². The Labute approximate surface area is 154 Å². The van der Waals surface area contributed by atoms with Crippen molar-refractivity contribution in [2.45, 2.75) is 19.0 Å². The van der Waals surface area contributed by atoms with Crippen molar-refractivity contribution in [3.63, 3.8) is 0 Å². The number of amides is 4. The molecule has 1 heterocycles. The molecule has 1 aliphatic heterocycles. The third-order valence-electron chi connectivity index (χ3n) is 4.42. The highest BCUT2D eigenvalue weighted by Crippen LogP contribution is 2.30. The van der Waals surface area contributed by atoms with Gasteiger partial charge in [-0.2, -0.15) is 0 Å². The number of nitrogens with one attached hydrogen (secondary N) is 2. The van der Waals surface area contributed by atoms with E-state index in [1.165, 1.54) is 43.3 Å². The van der Waals surface area contributed by atoms with Crippen LogP contribution >= 0.6 is 0 Å². The summed E-state index contributed by atoms with van der Waals surface area (Å²) < 4.78 is 27.7. The molecule has 1 unspecified atom stereocenters. The molecular weight excluding hydrogens is 356 g/mol. The van der Waals surface area contributed by atoms with Gasteiger partial charge < -0.3 is 10.6 Å². The van der Waals surface area contributed by atoms with E-state index in [0.717, 1.165) is 0 Å². The van der Waals surface area contributed by atoms with E-state index in [2.05, 4.69) is 10.6 Å². The Kier molecular flexibility index (Phi) is 4.89. The van der Waals surface area contributed by atoms with Crippen molar-refractivity contribution in [3.8, 4) is 0 Å². The average Bonchev–Trinajstić information content (AvgIpc) is 2.85. The molecule has 0 aromatic heterocycles. The van der Waals surface area contributed by atoms with Crippen LogP contribution < -0.4 is 10.6 Å². The minimum Gasteiger partial charge on any atom is -0.350 e. The third-order valence-corrected chi connectivity index (χ3v) is 4.42. The van der Waals surface area contributed by atoms with Crippen molar-refractivity contribution in [3.05, 3.63) is 71.3 Å². The lowest BCUT2D eigenvalue weighted by atomic mass is 9.91. The summed E-state index contributed by atoms with van der Waals surface area (Å²) in [5, 5.41) is 4.89. The molecule has 1 fully saturated rings. The molecule has 0 spiro atoms. The molecule has 0 aliphatic carbocycles. The van der Waals surface area contributed by atoms with Crippen molar-refractivity contribution in [2.75, 3.05) is 6.54 Å². The SMILES string of the molecule is CC1(c2ccccc2F)NC(=O)N(CC(=O)NCc2ccccc2F)C1=O. The summed E-state index contributed by atoms with van der Waals surface area (Å²) in [4.78, 5) is 37.7. The molecule has 1 saturated heterocycles. The van der Waals surface area contributed by atoms with Gasteiger partial charge in [-0.25, -0.2) is 13.6 Å². The quantitative estimate of drug-likeness (QED) is 0.788. The van der Waals surface area contributed by atoms with Crippen LogP contribution in [0.1, 0.15) is 18.1 Å². The van der Waals surface area contributed by atoms with E-state index < -0.39 is 41.6 Å². The number of hydrogen-bond donors (Lipinski definition) is 2. The van der Waals surface area contributed by atoms with Crippen LogP contribution in [-0.4, -0.2) is 29.3 Å². The molecule has 2 N–H and O–H groups in total. The maximum atomic E-state index is 14.1. The molecule has 0 radical (unpaired) electrons. The average molecular weight is 373 g/mol. The van der Waals surface area contributed by atoms with Crippen LogP contribution in [0.5, 0.6) is 0 Å². The molecule has 1 atom stereocenters. The molecule has 1 aliphatic rings. The summed E-state index contributed by atoms with van der Waals surface area (Å²) in [7, 11) is 0. The second kappa shape index (κ2) is 7.14. The first-order valence-electron chi connectivity index (χ1n) is 8.22. The van der Waals surface area contributed by atoms with Crippen LogP contribution in [0.25, 0.3) is 0 Å². The third kappa shape index (κ3) is 3.51. The topological polar surface area (TPSA) is 78.5 Å². The summed E-state index contributed by atoms with van der Waals surface area (Å²) in [5.41, 5.74) is -1.31. The maximum absolute atomic E-state index is 14.1. The van der Waals surface area contributed by atoms with E-state index in [1.54, 1.807) is 12.1 Å². The molecule has 6 nitrogen and oxygen atoms in total. The monoisotopic (exact) mass is 373 g/mol. The Morgan fingerprint density at radius 1 is 1.07 bits per heavy atom. The van der Waals surface area contributed by atoms with Gasteiger partial charge in [0, 0.05) is 17.7 Å². The highest BCUT2D eigenvalue weighted by Gasteiger charge is 2.50. The first-order chi connectivity index (χ1) is 12.8. The summed E-state index contributed by atoms with van der Waals surface area (Å²) in [6.07, 6.45) is 0. The van der Waals surface area contributed by atoms with Gasteiger partial charge in [0.05, 0.1) is 0 Å². The van der Waals surface area contributed by atoms with Gasteiger partial charge in [0.15, 0.2) is 0 Å². The Bertz CT molecular complexity index is 919. The summed E-state index contributed by atoms with van der Waals surface area (Å²) in [6.45, 7) is 0.742. The summed E-state index contributed by atoms with van der Waals surface area (Å²) >= 11 is 0. The number of imide groups is 1. The molecule has 2 aromatic carbocycles. The van der Waals surface area contributed by atoms with E-state index in [-0.39, 0.29) is 17.7 Å². The standard InChI is InChI=1S/C19H17F2N3O3/c1-19(13-7-3-5-9-15(13)21)17(26)24(18(27)23-19)11-16(25)22-10-12-6-2-4-8-14(12)20/h2-9H,10-11H2,1H3,(H,22,25)(H,23,27). The fourth-order valence-electron chi connectivity index (χ4n) is 2.92. The number of urea groups is 1. The van der Waals surface area contributed by atoms with Gasteiger partial charge in [-0.05, 0) is 19.1 Å². The maximum Gasteiger partial charge on any atom is 0.325 e. The molecule has 0 saturated carbocycles. The van der Waals surface area contributed by atoms with E-state index in [0.29, 0.717) is 4.90 Å². The number of hydrogen-bond acceptors (Lipinski definition) is 3. The Morgan fingerprint density at radius 2 is 1.70 bits per heavy atom. The fourth-order valence-corrected chi connectivity index (χ4v) is 2.92. The smallest absolute Gasteiger partial charge is 0.325 e. The van der Waals surface area contributed by atoms with Gasteiger partial charge in [-0.1, -0.05) is 36.4 Å². The highest BCUT2D eigenvalue weighted by molar-refractivity contribution is 6.09. The number of rotatable bonds is 5. The zero-order valence-electron chi connectivity index (χ0n) is 14.5. The minimum atomic E-state index is -1.60. The Morgan fingerprint density at radius 3 is 2.37 bits per heavy atom. The van der Waals surface area contributed by atoms with Gasteiger partial charge in [0.25, 0.3) is 5.91 Å². The van der Waals surface area contributed by atoms with Crippen LogP contribution in [0.15, 0.2) is 48.5 Å². The van der Waals surface area contributed by atoms with Crippen LogP contribution in [-0.2, 0) is 21.7 Å². The predicted molar refractivity (Wildman–Crippen MR) is 92.2 cm³/mol. The molecule has 140 valence electrons. The van der Waals surface area contributed by atoms with Crippen LogP contribution in [0.3, 0.4) is 0 Å². The van der Waals surface area contributed by atoms with Crippen LogP contribution in [0, 0.1) is 11.6 Å². The zero-order valence-corrected chi connectivity index (χ0v) is 14.5. The number of halogens is 2. The Hall–Kier alpha value is -3.29. The van der Waals surface area contributed by atoms with Gasteiger partial charge in [0.1, 0.15) is 23.7 Å². The number of nitrogens with zero attached hydrogens (tertiary/aromatic N) is 1. The molecule has 27 heavy (non-hydrogen) atoms.